The molecule has 1 atom stereocenters. The second-order valence-electron chi connectivity index (χ2n) is 8.64. The molecule has 1 aliphatic carbocycles. The van der Waals surface area contributed by atoms with Crippen LogP contribution in [0.4, 0.5) is 10.5 Å². The van der Waals surface area contributed by atoms with E-state index in [2.05, 4.69) is 19.8 Å². The first-order chi connectivity index (χ1) is 15.7. The molecule has 0 spiro atoms. The van der Waals surface area contributed by atoms with E-state index < -0.39 is 21.5 Å². The van der Waals surface area contributed by atoms with E-state index in [4.69, 9.17) is 14.6 Å². The Hall–Kier alpha value is -3.44. The summed E-state index contributed by atoms with van der Waals surface area (Å²) in [6.45, 7) is 4.26. The monoisotopic (exact) mass is 468 g/mol. The number of nitrogens with one attached hydrogen (secondary N) is 1. The second-order valence-corrected chi connectivity index (χ2v) is 10.4. The summed E-state index contributed by atoms with van der Waals surface area (Å²) in [5.74, 6) is 0.734. The molecule has 0 radical (unpaired) electrons. The minimum Gasteiger partial charge on any atom is -0.481 e. The van der Waals surface area contributed by atoms with Crippen molar-refractivity contribution in [2.75, 3.05) is 12.4 Å². The number of hydrogen-bond donors (Lipinski definition) is 2. The average Bonchev–Trinajstić information content (AvgIpc) is 3.24. The van der Waals surface area contributed by atoms with Gasteiger partial charge in [-0.05, 0) is 49.4 Å². The Kier molecular flexibility index (Phi) is 4.91. The molecule has 0 saturated carbocycles. The molecule has 3 heterocycles. The van der Waals surface area contributed by atoms with Gasteiger partial charge in [0.25, 0.3) is 0 Å². The Labute approximate surface area is 191 Å². The summed E-state index contributed by atoms with van der Waals surface area (Å²) in [5.41, 5.74) is 3.89. The van der Waals surface area contributed by atoms with Crippen molar-refractivity contribution in [1.29, 1.82) is 0 Å². The SMILES string of the molecule is COc1cc(-c2ccc3c(c2NC(=O)N=S(N)(=O)c2cnn4c2OC(C)(C)C4)CC3)ccn1. The van der Waals surface area contributed by atoms with Crippen LogP contribution in [0.5, 0.6) is 11.8 Å². The molecule has 0 bridgehead atoms. The largest absolute Gasteiger partial charge is 0.481 e. The van der Waals surface area contributed by atoms with Crippen LogP contribution < -0.4 is 19.9 Å². The van der Waals surface area contributed by atoms with Crippen molar-refractivity contribution in [2.45, 2.75) is 43.7 Å². The summed E-state index contributed by atoms with van der Waals surface area (Å²) in [6.07, 6.45) is 4.73. The van der Waals surface area contributed by atoms with Gasteiger partial charge in [0.15, 0.2) is 9.92 Å². The van der Waals surface area contributed by atoms with Gasteiger partial charge in [-0.3, -0.25) is 0 Å². The molecule has 0 saturated heterocycles. The van der Waals surface area contributed by atoms with E-state index in [1.54, 1.807) is 24.1 Å². The van der Waals surface area contributed by atoms with Crippen molar-refractivity contribution in [2.24, 2.45) is 9.50 Å². The fourth-order valence-corrected chi connectivity index (χ4v) is 5.08. The van der Waals surface area contributed by atoms with Gasteiger partial charge in [0, 0.05) is 17.8 Å². The number of urea groups is 1. The Morgan fingerprint density at radius 2 is 2.15 bits per heavy atom. The third-order valence-electron chi connectivity index (χ3n) is 5.74. The summed E-state index contributed by atoms with van der Waals surface area (Å²) in [4.78, 5) is 17.1. The van der Waals surface area contributed by atoms with Gasteiger partial charge in [-0.25, -0.2) is 23.8 Å². The van der Waals surface area contributed by atoms with Crippen LogP contribution in [0.1, 0.15) is 25.0 Å². The van der Waals surface area contributed by atoms with Gasteiger partial charge >= 0.3 is 6.03 Å². The first-order valence-corrected chi connectivity index (χ1v) is 12.0. The number of nitrogens with two attached hydrogens (primary N) is 1. The number of nitrogens with zero attached hydrogens (tertiary/aromatic N) is 4. The highest BCUT2D eigenvalue weighted by atomic mass is 32.2. The second kappa shape index (κ2) is 7.56. The van der Waals surface area contributed by atoms with Crippen molar-refractivity contribution in [3.8, 4) is 22.9 Å². The normalized spacial score (nSPS) is 17.1. The molecule has 33 heavy (non-hydrogen) atoms. The van der Waals surface area contributed by atoms with Crippen LogP contribution in [0, 0.1) is 0 Å². The third-order valence-corrected chi connectivity index (χ3v) is 7.09. The number of methoxy groups -OCH3 is 1. The van der Waals surface area contributed by atoms with Crippen molar-refractivity contribution in [3.63, 3.8) is 0 Å². The van der Waals surface area contributed by atoms with Crippen LogP contribution >= 0.6 is 0 Å². The number of aryl methyl sites for hydroxylation is 1. The van der Waals surface area contributed by atoms with Gasteiger partial charge in [0.2, 0.25) is 11.8 Å². The molecule has 2 aliphatic rings. The Morgan fingerprint density at radius 3 is 2.88 bits per heavy atom. The Bertz CT molecular complexity index is 1400. The Morgan fingerprint density at radius 1 is 1.33 bits per heavy atom. The summed E-state index contributed by atoms with van der Waals surface area (Å²) >= 11 is 0. The number of hydrogen-bond acceptors (Lipinski definition) is 6. The number of fused-ring (bicyclic) bond motifs is 2. The minimum absolute atomic E-state index is 0.100. The lowest BCUT2D eigenvalue weighted by Crippen LogP contribution is -2.27. The molecule has 2 aromatic heterocycles. The zero-order chi connectivity index (χ0) is 23.4. The number of carbonyl (C=O) groups excluding carboxylic acids is 1. The highest BCUT2D eigenvalue weighted by molar-refractivity contribution is 7.91. The summed E-state index contributed by atoms with van der Waals surface area (Å²) in [7, 11) is -2.04. The molecular weight excluding hydrogens is 444 g/mol. The van der Waals surface area contributed by atoms with Crippen LogP contribution in [-0.2, 0) is 29.3 Å². The zero-order valence-corrected chi connectivity index (χ0v) is 19.3. The number of pyridine rings is 1. The molecule has 1 aromatic carbocycles. The maximum Gasteiger partial charge on any atom is 0.354 e. The predicted molar refractivity (Wildman–Crippen MR) is 123 cm³/mol. The number of anilines is 1. The number of carbonyl (C=O) groups is 1. The van der Waals surface area contributed by atoms with Crippen LogP contribution in [0.2, 0.25) is 0 Å². The molecule has 3 N–H and O–H groups in total. The number of aromatic nitrogens is 3. The standard InChI is InChI=1S/C22H24N6O4S/c1-22(2)12-28-20(32-22)17(11-25-28)33(23,30)27-21(29)26-19-15-6-4-13(15)5-7-16(19)14-8-9-24-18(10-14)31-3/h5,7-11H,4,6,12H2,1-3H3,(H3,23,26,27,29,30). The molecule has 0 fully saturated rings. The van der Waals surface area contributed by atoms with Gasteiger partial charge < -0.3 is 14.8 Å². The molecular formula is C22H24N6O4S. The lowest BCUT2D eigenvalue weighted by atomic mass is 9.84. The predicted octanol–water partition coefficient (Wildman–Crippen LogP) is 3.16. The van der Waals surface area contributed by atoms with Crippen molar-refractivity contribution in [1.82, 2.24) is 14.8 Å². The fourth-order valence-electron chi connectivity index (χ4n) is 4.10. The summed E-state index contributed by atoms with van der Waals surface area (Å²) in [6, 6.07) is 6.78. The van der Waals surface area contributed by atoms with Gasteiger partial charge in [-0.1, -0.05) is 12.1 Å². The quantitative estimate of drug-likeness (QED) is 0.604. The van der Waals surface area contributed by atoms with Gasteiger partial charge in [-0.2, -0.15) is 5.10 Å². The van der Waals surface area contributed by atoms with Gasteiger partial charge in [-0.15, -0.1) is 4.36 Å². The summed E-state index contributed by atoms with van der Waals surface area (Å²) in [5, 5.41) is 13.0. The third kappa shape index (κ3) is 3.83. The van der Waals surface area contributed by atoms with Crippen LogP contribution in [-0.4, -0.2) is 37.7 Å². The molecule has 5 rings (SSSR count). The number of rotatable bonds is 4. The fraction of sp³-hybridized carbons (Fsp3) is 0.318. The number of ether oxygens (including phenoxy) is 2. The molecule has 11 heteroatoms. The van der Waals surface area contributed by atoms with E-state index in [9.17, 15) is 9.00 Å². The Balaban J connectivity index is 1.50. The van der Waals surface area contributed by atoms with Crippen molar-refractivity contribution in [3.05, 3.63) is 47.8 Å². The molecule has 2 amide bonds. The zero-order valence-electron chi connectivity index (χ0n) is 18.5. The molecule has 1 unspecified atom stereocenters. The molecule has 1 aliphatic heterocycles. The van der Waals surface area contributed by atoms with Crippen molar-refractivity contribution < 1.29 is 18.5 Å². The topological polar surface area (TPSA) is 134 Å². The van der Waals surface area contributed by atoms with E-state index in [0.717, 1.165) is 35.1 Å². The maximum absolute atomic E-state index is 13.2. The first kappa shape index (κ1) is 21.4. The molecule has 10 nitrogen and oxygen atoms in total. The van der Waals surface area contributed by atoms with Crippen LogP contribution in [0.25, 0.3) is 11.1 Å². The van der Waals surface area contributed by atoms with Gasteiger partial charge in [0.1, 0.15) is 10.5 Å². The van der Waals surface area contributed by atoms with Gasteiger partial charge in [0.05, 0.1) is 25.5 Å². The van der Waals surface area contributed by atoms with Crippen LogP contribution in [0.15, 0.2) is 45.9 Å². The highest BCUT2D eigenvalue weighted by Crippen LogP contribution is 2.39. The maximum atomic E-state index is 13.2. The smallest absolute Gasteiger partial charge is 0.354 e. The van der Waals surface area contributed by atoms with Crippen molar-refractivity contribution >= 4 is 21.6 Å². The van der Waals surface area contributed by atoms with E-state index in [0.29, 0.717) is 18.1 Å². The number of benzene rings is 1. The summed E-state index contributed by atoms with van der Waals surface area (Å²) < 4.78 is 29.7. The van der Waals surface area contributed by atoms with E-state index in [1.807, 2.05) is 32.0 Å². The highest BCUT2D eigenvalue weighted by Gasteiger charge is 2.35. The molecule has 3 aromatic rings. The lowest BCUT2D eigenvalue weighted by molar-refractivity contribution is 0.132. The lowest BCUT2D eigenvalue weighted by Gasteiger charge is -2.25. The van der Waals surface area contributed by atoms with E-state index >= 15 is 0 Å². The number of amides is 2. The minimum atomic E-state index is -3.58. The van der Waals surface area contributed by atoms with E-state index in [1.165, 1.54) is 6.20 Å². The van der Waals surface area contributed by atoms with Crippen LogP contribution in [0.3, 0.4) is 0 Å². The molecule has 172 valence electrons. The average molecular weight is 469 g/mol. The first-order valence-electron chi connectivity index (χ1n) is 10.4. The van der Waals surface area contributed by atoms with E-state index in [-0.39, 0.29) is 10.8 Å².